The molecule has 0 saturated heterocycles. The summed E-state index contributed by atoms with van der Waals surface area (Å²) < 4.78 is 0. The van der Waals surface area contributed by atoms with Crippen molar-refractivity contribution in [2.45, 2.75) is 0 Å². The van der Waals surface area contributed by atoms with Crippen LogP contribution in [-0.4, -0.2) is 11.3 Å². The third-order valence-corrected chi connectivity index (χ3v) is 2.10. The van der Waals surface area contributed by atoms with Crippen LogP contribution in [0.1, 0.15) is 10.5 Å². The van der Waals surface area contributed by atoms with Gasteiger partial charge in [-0.2, -0.15) is 0 Å². The predicted octanol–water partition coefficient (Wildman–Crippen LogP) is 1.85. The van der Waals surface area contributed by atoms with Crippen LogP contribution < -0.4 is 5.56 Å². The molecule has 15 heavy (non-hydrogen) atoms. The van der Waals surface area contributed by atoms with Gasteiger partial charge in [-0.15, -0.1) is 0 Å². The van der Waals surface area contributed by atoms with E-state index < -0.39 is 0 Å². The minimum absolute atomic E-state index is 0.265. The number of benzene rings is 1. The minimum Gasteiger partial charge on any atom is -0.320 e. The molecule has 0 fully saturated rings. The summed E-state index contributed by atoms with van der Waals surface area (Å²) in [5.74, 6) is 0. The number of carbonyl (C=O) groups excluding carboxylic acids is 1. The molecule has 74 valence electrons. The van der Waals surface area contributed by atoms with Crippen LogP contribution in [0.15, 0.2) is 47.3 Å². The maximum Gasteiger partial charge on any atom is 0.249 e. The first-order chi connectivity index (χ1) is 7.29. The van der Waals surface area contributed by atoms with Crippen LogP contribution in [0.5, 0.6) is 0 Å². The van der Waals surface area contributed by atoms with Gasteiger partial charge in [-0.25, -0.2) is 0 Å². The second-order valence-electron chi connectivity index (χ2n) is 3.17. The number of aromatic amines is 1. The van der Waals surface area contributed by atoms with E-state index in [1.54, 1.807) is 6.07 Å². The van der Waals surface area contributed by atoms with Gasteiger partial charge in [0.1, 0.15) is 0 Å². The first kappa shape index (κ1) is 9.40. The van der Waals surface area contributed by atoms with E-state index in [1.165, 1.54) is 6.07 Å². The number of hydrogen-bond donors (Lipinski definition) is 1. The molecular weight excluding hydrogens is 190 g/mol. The fraction of sp³-hybridized carbons (Fsp3) is 0. The van der Waals surface area contributed by atoms with Crippen LogP contribution in [0.25, 0.3) is 11.1 Å². The lowest BCUT2D eigenvalue weighted by molar-refractivity contribution is 0.111. The predicted molar refractivity (Wildman–Crippen MR) is 57.9 cm³/mol. The Hall–Kier alpha value is -2.16. The molecule has 0 unspecified atom stereocenters. The highest BCUT2D eigenvalue weighted by molar-refractivity contribution is 5.76. The molecule has 1 N–H and O–H groups in total. The Labute approximate surface area is 86.4 Å². The lowest BCUT2D eigenvalue weighted by Crippen LogP contribution is -2.07. The summed E-state index contributed by atoms with van der Waals surface area (Å²) in [5, 5.41) is 0. The molecule has 0 radical (unpaired) electrons. The average molecular weight is 199 g/mol. The smallest absolute Gasteiger partial charge is 0.249 e. The highest BCUT2D eigenvalue weighted by Gasteiger charge is 2.00. The fourth-order valence-electron chi connectivity index (χ4n) is 1.43. The Bertz CT molecular complexity index is 529. The summed E-state index contributed by atoms with van der Waals surface area (Å²) in [6.07, 6.45) is 0.633. The van der Waals surface area contributed by atoms with Crippen molar-refractivity contribution in [1.29, 1.82) is 0 Å². The summed E-state index contributed by atoms with van der Waals surface area (Å²) in [4.78, 5) is 24.2. The van der Waals surface area contributed by atoms with Gasteiger partial charge in [-0.3, -0.25) is 9.59 Å². The van der Waals surface area contributed by atoms with Crippen LogP contribution in [0.3, 0.4) is 0 Å². The second kappa shape index (κ2) is 3.92. The van der Waals surface area contributed by atoms with Crippen LogP contribution in [0.4, 0.5) is 0 Å². The first-order valence-corrected chi connectivity index (χ1v) is 4.54. The van der Waals surface area contributed by atoms with Gasteiger partial charge in [-0.1, -0.05) is 30.3 Å². The zero-order valence-electron chi connectivity index (χ0n) is 7.94. The average Bonchev–Trinajstić information content (AvgIpc) is 2.29. The van der Waals surface area contributed by atoms with Gasteiger partial charge in [0.25, 0.3) is 0 Å². The molecule has 0 atom stereocenters. The summed E-state index contributed by atoms with van der Waals surface area (Å²) in [7, 11) is 0. The Kier molecular flexibility index (Phi) is 2.46. The van der Waals surface area contributed by atoms with Gasteiger partial charge >= 0.3 is 0 Å². The Morgan fingerprint density at radius 3 is 2.40 bits per heavy atom. The molecule has 0 amide bonds. The SMILES string of the molecule is O=Cc1cc(-c2ccccc2)cc(=O)[nH]1. The minimum atomic E-state index is -0.265. The monoisotopic (exact) mass is 199 g/mol. The normalized spacial score (nSPS) is 9.87. The van der Waals surface area contributed by atoms with E-state index in [-0.39, 0.29) is 5.56 Å². The molecule has 2 rings (SSSR count). The largest absolute Gasteiger partial charge is 0.320 e. The zero-order chi connectivity index (χ0) is 10.7. The Morgan fingerprint density at radius 2 is 1.73 bits per heavy atom. The van der Waals surface area contributed by atoms with Crippen molar-refractivity contribution in [1.82, 2.24) is 4.98 Å². The lowest BCUT2D eigenvalue weighted by Gasteiger charge is -2.00. The molecule has 3 heteroatoms. The van der Waals surface area contributed by atoms with Crippen molar-refractivity contribution in [3.63, 3.8) is 0 Å². The third-order valence-electron chi connectivity index (χ3n) is 2.10. The number of pyridine rings is 1. The number of carbonyl (C=O) groups is 1. The first-order valence-electron chi connectivity index (χ1n) is 4.54. The van der Waals surface area contributed by atoms with Crippen molar-refractivity contribution in [2.24, 2.45) is 0 Å². The van der Waals surface area contributed by atoms with Crippen molar-refractivity contribution in [3.8, 4) is 11.1 Å². The number of aromatic nitrogens is 1. The topological polar surface area (TPSA) is 49.9 Å². The number of H-pyrrole nitrogens is 1. The van der Waals surface area contributed by atoms with E-state index in [2.05, 4.69) is 4.98 Å². The summed E-state index contributed by atoms with van der Waals surface area (Å²) >= 11 is 0. The maximum atomic E-state index is 11.2. The molecule has 0 saturated carbocycles. The van der Waals surface area contributed by atoms with Gasteiger partial charge in [0.2, 0.25) is 5.56 Å². The summed E-state index contributed by atoms with van der Waals surface area (Å²) in [5.41, 5.74) is 1.70. The molecule has 1 aromatic heterocycles. The highest BCUT2D eigenvalue weighted by atomic mass is 16.1. The van der Waals surface area contributed by atoms with Crippen LogP contribution >= 0.6 is 0 Å². The van der Waals surface area contributed by atoms with Gasteiger partial charge in [-0.05, 0) is 17.2 Å². The standard InChI is InChI=1S/C12H9NO2/c14-8-11-6-10(7-12(15)13-11)9-4-2-1-3-5-9/h1-8H,(H,13,15). The molecule has 1 aromatic carbocycles. The van der Waals surface area contributed by atoms with Crippen molar-refractivity contribution < 1.29 is 4.79 Å². The highest BCUT2D eigenvalue weighted by Crippen LogP contribution is 2.16. The van der Waals surface area contributed by atoms with Gasteiger partial charge < -0.3 is 4.98 Å². The van der Waals surface area contributed by atoms with Gasteiger partial charge in [0.05, 0.1) is 5.69 Å². The van der Waals surface area contributed by atoms with Crippen molar-refractivity contribution >= 4 is 6.29 Å². The second-order valence-corrected chi connectivity index (χ2v) is 3.17. The molecule has 2 aromatic rings. The fourth-order valence-corrected chi connectivity index (χ4v) is 1.43. The molecular formula is C12H9NO2. The number of hydrogen-bond acceptors (Lipinski definition) is 2. The maximum absolute atomic E-state index is 11.2. The van der Waals surface area contributed by atoms with Gasteiger partial charge in [0, 0.05) is 6.07 Å². The number of nitrogens with one attached hydrogen (secondary N) is 1. The van der Waals surface area contributed by atoms with Crippen LogP contribution in [-0.2, 0) is 0 Å². The van der Waals surface area contributed by atoms with Crippen LogP contribution in [0.2, 0.25) is 0 Å². The number of rotatable bonds is 2. The third kappa shape index (κ3) is 2.02. The Morgan fingerprint density at radius 1 is 1.00 bits per heavy atom. The molecule has 0 spiro atoms. The van der Waals surface area contributed by atoms with Crippen LogP contribution in [0, 0.1) is 0 Å². The van der Waals surface area contributed by atoms with E-state index in [0.29, 0.717) is 12.0 Å². The molecule has 1 heterocycles. The van der Waals surface area contributed by atoms with Crippen molar-refractivity contribution in [2.75, 3.05) is 0 Å². The van der Waals surface area contributed by atoms with E-state index >= 15 is 0 Å². The number of aldehydes is 1. The molecule has 0 aliphatic heterocycles. The zero-order valence-corrected chi connectivity index (χ0v) is 7.94. The Balaban J connectivity index is 2.59. The van der Waals surface area contributed by atoms with Crippen molar-refractivity contribution in [3.05, 3.63) is 58.5 Å². The summed E-state index contributed by atoms with van der Waals surface area (Å²) in [6, 6.07) is 12.6. The van der Waals surface area contributed by atoms with E-state index in [0.717, 1.165) is 11.1 Å². The van der Waals surface area contributed by atoms with E-state index in [1.807, 2.05) is 30.3 Å². The lowest BCUT2D eigenvalue weighted by atomic mass is 10.1. The van der Waals surface area contributed by atoms with Gasteiger partial charge in [0.15, 0.2) is 6.29 Å². The molecule has 0 aliphatic rings. The summed E-state index contributed by atoms with van der Waals surface area (Å²) in [6.45, 7) is 0. The molecule has 3 nitrogen and oxygen atoms in total. The quantitative estimate of drug-likeness (QED) is 0.750. The molecule has 0 aliphatic carbocycles. The van der Waals surface area contributed by atoms with E-state index in [4.69, 9.17) is 0 Å². The molecule has 0 bridgehead atoms. The van der Waals surface area contributed by atoms with E-state index in [9.17, 15) is 9.59 Å².